The van der Waals surface area contributed by atoms with Crippen molar-refractivity contribution < 1.29 is 4.79 Å². The molecule has 0 N–H and O–H groups in total. The standard InChI is InChI=1S/C15H21N3O2S/c1-6-9(2)7-17(4)15(20)12-10(3)11-13(21-12)16-8-18(5)14(11)19/h8-9H,6-7H2,1-5H3. The average Bonchev–Trinajstić information content (AvgIpc) is 2.79. The second-order valence-corrected chi connectivity index (χ2v) is 6.60. The van der Waals surface area contributed by atoms with E-state index in [4.69, 9.17) is 0 Å². The summed E-state index contributed by atoms with van der Waals surface area (Å²) >= 11 is 1.30. The molecule has 21 heavy (non-hydrogen) atoms. The van der Waals surface area contributed by atoms with Crippen LogP contribution in [0.1, 0.15) is 35.5 Å². The number of hydrogen-bond acceptors (Lipinski definition) is 4. The number of carbonyl (C=O) groups excluding carboxylic acids is 1. The first-order valence-electron chi connectivity index (χ1n) is 7.07. The Labute approximate surface area is 128 Å². The number of fused-ring (bicyclic) bond motifs is 1. The van der Waals surface area contributed by atoms with Gasteiger partial charge in [0.05, 0.1) is 16.6 Å². The van der Waals surface area contributed by atoms with Crippen molar-refractivity contribution in [2.75, 3.05) is 13.6 Å². The highest BCUT2D eigenvalue weighted by molar-refractivity contribution is 7.20. The van der Waals surface area contributed by atoms with Gasteiger partial charge in [-0.2, -0.15) is 0 Å². The Morgan fingerprint density at radius 3 is 2.81 bits per heavy atom. The van der Waals surface area contributed by atoms with E-state index in [-0.39, 0.29) is 11.5 Å². The Kier molecular flexibility index (Phi) is 4.46. The molecule has 0 radical (unpaired) electrons. The second kappa shape index (κ2) is 5.97. The van der Waals surface area contributed by atoms with Crippen molar-refractivity contribution in [3.8, 4) is 0 Å². The molecule has 0 aromatic carbocycles. The van der Waals surface area contributed by atoms with Crippen LogP contribution in [0, 0.1) is 12.8 Å². The molecule has 1 atom stereocenters. The summed E-state index contributed by atoms with van der Waals surface area (Å²) in [6, 6.07) is 0. The van der Waals surface area contributed by atoms with Gasteiger partial charge in [0.2, 0.25) is 0 Å². The molecule has 2 rings (SSSR count). The van der Waals surface area contributed by atoms with Crippen molar-refractivity contribution in [3.63, 3.8) is 0 Å². The molecule has 0 saturated carbocycles. The first-order chi connectivity index (χ1) is 9.86. The van der Waals surface area contributed by atoms with Gasteiger partial charge < -0.3 is 9.47 Å². The summed E-state index contributed by atoms with van der Waals surface area (Å²) in [5.41, 5.74) is 0.641. The third-order valence-electron chi connectivity index (χ3n) is 3.83. The summed E-state index contributed by atoms with van der Waals surface area (Å²) in [6.45, 7) is 6.78. The summed E-state index contributed by atoms with van der Waals surface area (Å²) in [4.78, 5) is 32.0. The lowest BCUT2D eigenvalue weighted by Crippen LogP contribution is -2.30. The van der Waals surface area contributed by atoms with Crippen molar-refractivity contribution >= 4 is 27.5 Å². The predicted octanol–water partition coefficient (Wildman–Crippen LogP) is 2.42. The molecule has 0 aliphatic heterocycles. The van der Waals surface area contributed by atoms with Gasteiger partial charge in [0.25, 0.3) is 11.5 Å². The predicted molar refractivity (Wildman–Crippen MR) is 86.0 cm³/mol. The molecule has 2 aromatic rings. The number of thiophene rings is 1. The minimum Gasteiger partial charge on any atom is -0.341 e. The van der Waals surface area contributed by atoms with Crippen molar-refractivity contribution in [1.82, 2.24) is 14.5 Å². The first-order valence-corrected chi connectivity index (χ1v) is 7.88. The van der Waals surface area contributed by atoms with Crippen LogP contribution in [0.2, 0.25) is 0 Å². The van der Waals surface area contributed by atoms with E-state index in [1.165, 1.54) is 22.2 Å². The fourth-order valence-electron chi connectivity index (χ4n) is 2.27. The quantitative estimate of drug-likeness (QED) is 0.871. The Bertz CT molecular complexity index is 732. The molecule has 0 spiro atoms. The van der Waals surface area contributed by atoms with Gasteiger partial charge in [0.15, 0.2) is 0 Å². The Hall–Kier alpha value is -1.69. The molecule has 0 bridgehead atoms. The van der Waals surface area contributed by atoms with Crippen molar-refractivity contribution in [3.05, 3.63) is 27.1 Å². The van der Waals surface area contributed by atoms with Gasteiger partial charge in [0, 0.05) is 20.6 Å². The summed E-state index contributed by atoms with van der Waals surface area (Å²) in [5, 5.41) is 0.560. The van der Waals surface area contributed by atoms with Gasteiger partial charge >= 0.3 is 0 Å². The van der Waals surface area contributed by atoms with Crippen molar-refractivity contribution in [2.24, 2.45) is 13.0 Å². The topological polar surface area (TPSA) is 55.2 Å². The maximum Gasteiger partial charge on any atom is 0.264 e. The van der Waals surface area contributed by atoms with Crippen LogP contribution < -0.4 is 5.56 Å². The van der Waals surface area contributed by atoms with Crippen LogP contribution in [0.5, 0.6) is 0 Å². The molecule has 2 heterocycles. The third kappa shape index (κ3) is 2.85. The van der Waals surface area contributed by atoms with Gasteiger partial charge in [-0.05, 0) is 18.4 Å². The lowest BCUT2D eigenvalue weighted by atomic mass is 10.1. The normalized spacial score (nSPS) is 12.6. The van der Waals surface area contributed by atoms with Gasteiger partial charge in [-0.15, -0.1) is 11.3 Å². The van der Waals surface area contributed by atoms with Crippen LogP contribution in [0.4, 0.5) is 0 Å². The van der Waals surface area contributed by atoms with E-state index in [2.05, 4.69) is 18.8 Å². The molecule has 1 amide bonds. The summed E-state index contributed by atoms with van der Waals surface area (Å²) in [5.74, 6) is 0.428. The maximum atomic E-state index is 12.6. The molecule has 0 aliphatic rings. The fourth-order valence-corrected chi connectivity index (χ4v) is 3.40. The van der Waals surface area contributed by atoms with Crippen LogP contribution in [0.25, 0.3) is 10.2 Å². The number of aromatic nitrogens is 2. The van der Waals surface area contributed by atoms with E-state index in [0.717, 1.165) is 12.0 Å². The summed E-state index contributed by atoms with van der Waals surface area (Å²) in [6.07, 6.45) is 2.53. The summed E-state index contributed by atoms with van der Waals surface area (Å²) < 4.78 is 1.44. The number of carbonyl (C=O) groups is 1. The zero-order valence-corrected chi connectivity index (χ0v) is 14.0. The van der Waals surface area contributed by atoms with E-state index in [1.54, 1.807) is 11.9 Å². The molecule has 1 unspecified atom stereocenters. The molecule has 0 saturated heterocycles. The monoisotopic (exact) mass is 307 g/mol. The Morgan fingerprint density at radius 2 is 2.19 bits per heavy atom. The Balaban J connectivity index is 2.43. The minimum absolute atomic E-state index is 0.0298. The van der Waals surface area contributed by atoms with Gasteiger partial charge in [-0.25, -0.2) is 4.98 Å². The van der Waals surface area contributed by atoms with Crippen LogP contribution in [0.15, 0.2) is 11.1 Å². The first kappa shape index (κ1) is 15.7. The minimum atomic E-state index is -0.0996. The largest absolute Gasteiger partial charge is 0.341 e. The molecule has 2 aromatic heterocycles. The van der Waals surface area contributed by atoms with E-state index in [0.29, 0.717) is 27.6 Å². The van der Waals surface area contributed by atoms with E-state index in [9.17, 15) is 9.59 Å². The zero-order valence-electron chi connectivity index (χ0n) is 13.1. The number of nitrogens with zero attached hydrogens (tertiary/aromatic N) is 3. The van der Waals surface area contributed by atoms with Crippen LogP contribution in [-0.4, -0.2) is 34.0 Å². The maximum absolute atomic E-state index is 12.6. The molecular formula is C15H21N3O2S. The van der Waals surface area contributed by atoms with E-state index in [1.807, 2.05) is 14.0 Å². The van der Waals surface area contributed by atoms with Gasteiger partial charge in [-0.3, -0.25) is 9.59 Å². The fraction of sp³-hybridized carbons (Fsp3) is 0.533. The van der Waals surface area contributed by atoms with Crippen LogP contribution >= 0.6 is 11.3 Å². The highest BCUT2D eigenvalue weighted by atomic mass is 32.1. The van der Waals surface area contributed by atoms with Crippen LogP contribution in [0.3, 0.4) is 0 Å². The molecule has 5 nitrogen and oxygen atoms in total. The number of amides is 1. The molecular weight excluding hydrogens is 286 g/mol. The second-order valence-electron chi connectivity index (χ2n) is 5.60. The highest BCUT2D eigenvalue weighted by Gasteiger charge is 2.22. The SMILES string of the molecule is CCC(C)CN(C)C(=O)c1sc2ncn(C)c(=O)c2c1C. The number of aryl methyl sites for hydroxylation is 2. The molecule has 114 valence electrons. The van der Waals surface area contributed by atoms with Crippen molar-refractivity contribution in [2.45, 2.75) is 27.2 Å². The summed E-state index contributed by atoms with van der Waals surface area (Å²) in [7, 11) is 3.48. The number of hydrogen-bond donors (Lipinski definition) is 0. The van der Waals surface area contributed by atoms with Gasteiger partial charge in [0.1, 0.15) is 4.83 Å². The van der Waals surface area contributed by atoms with Crippen molar-refractivity contribution in [1.29, 1.82) is 0 Å². The molecule has 6 heteroatoms. The highest BCUT2D eigenvalue weighted by Crippen LogP contribution is 2.27. The zero-order chi connectivity index (χ0) is 15.7. The lowest BCUT2D eigenvalue weighted by Gasteiger charge is -2.20. The van der Waals surface area contributed by atoms with E-state index >= 15 is 0 Å². The third-order valence-corrected chi connectivity index (χ3v) is 5.02. The van der Waals surface area contributed by atoms with E-state index < -0.39 is 0 Å². The molecule has 0 aliphatic carbocycles. The molecule has 0 fully saturated rings. The lowest BCUT2D eigenvalue weighted by molar-refractivity contribution is 0.0779. The number of rotatable bonds is 4. The Morgan fingerprint density at radius 1 is 1.52 bits per heavy atom. The smallest absolute Gasteiger partial charge is 0.264 e. The van der Waals surface area contributed by atoms with Gasteiger partial charge in [-0.1, -0.05) is 20.3 Å². The van der Waals surface area contributed by atoms with Crippen LogP contribution in [-0.2, 0) is 7.05 Å². The average molecular weight is 307 g/mol.